The molecule has 0 radical (unpaired) electrons. The number of hydrogen-bond acceptors (Lipinski definition) is 3. The summed E-state index contributed by atoms with van der Waals surface area (Å²) in [6.07, 6.45) is 0. The van der Waals surface area contributed by atoms with Crippen LogP contribution in [-0.2, 0) is 4.79 Å². The molecule has 22 heavy (non-hydrogen) atoms. The summed E-state index contributed by atoms with van der Waals surface area (Å²) in [6, 6.07) is 15.7. The third-order valence-corrected chi connectivity index (χ3v) is 4.26. The molecule has 2 rings (SSSR count). The number of amides is 1. The Hall–Kier alpha value is -1.94. The van der Waals surface area contributed by atoms with E-state index >= 15 is 0 Å². The number of para-hydroxylation sites is 1. The van der Waals surface area contributed by atoms with Crippen LogP contribution >= 0.6 is 11.8 Å². The van der Waals surface area contributed by atoms with Crippen molar-refractivity contribution in [3.8, 4) is 5.75 Å². The van der Waals surface area contributed by atoms with Crippen molar-refractivity contribution in [1.82, 2.24) is 0 Å². The normalized spacial score (nSPS) is 10.5. The summed E-state index contributed by atoms with van der Waals surface area (Å²) in [5.41, 5.74) is 2.05. The Morgan fingerprint density at radius 2 is 1.95 bits per heavy atom. The van der Waals surface area contributed by atoms with Crippen molar-refractivity contribution in [1.29, 1.82) is 0 Å². The first-order valence-corrected chi connectivity index (χ1v) is 8.24. The van der Waals surface area contributed by atoms with Crippen molar-refractivity contribution in [3.05, 3.63) is 54.1 Å². The number of methoxy groups -OCH3 is 1. The highest BCUT2D eigenvalue weighted by Crippen LogP contribution is 2.25. The highest BCUT2D eigenvalue weighted by atomic mass is 32.2. The van der Waals surface area contributed by atoms with Gasteiger partial charge in [-0.15, -0.1) is 11.8 Å². The maximum Gasteiger partial charge on any atom is 0.234 e. The van der Waals surface area contributed by atoms with Gasteiger partial charge in [-0.05, 0) is 35.7 Å². The highest BCUT2D eigenvalue weighted by Gasteiger charge is 2.09. The van der Waals surface area contributed by atoms with Crippen LogP contribution in [0.3, 0.4) is 0 Å². The maximum atomic E-state index is 12.2. The van der Waals surface area contributed by atoms with E-state index in [1.54, 1.807) is 7.11 Å². The molecular weight excluding hydrogens is 294 g/mol. The van der Waals surface area contributed by atoms with E-state index in [4.69, 9.17) is 4.74 Å². The van der Waals surface area contributed by atoms with Crippen molar-refractivity contribution in [2.45, 2.75) is 24.7 Å². The monoisotopic (exact) mass is 315 g/mol. The molecule has 0 saturated carbocycles. The Bertz CT molecular complexity index is 640. The first-order chi connectivity index (χ1) is 10.6. The molecule has 0 heterocycles. The maximum absolute atomic E-state index is 12.2. The molecule has 3 nitrogen and oxygen atoms in total. The standard InChI is InChI=1S/C18H21NO2S/c1-13(2)16-9-4-5-10-17(16)19-18(20)12-22-15-8-6-7-14(11-15)21-3/h4-11,13H,12H2,1-3H3,(H,19,20). The van der Waals surface area contributed by atoms with Gasteiger partial charge in [0.1, 0.15) is 5.75 Å². The highest BCUT2D eigenvalue weighted by molar-refractivity contribution is 8.00. The number of carbonyl (C=O) groups is 1. The summed E-state index contributed by atoms with van der Waals surface area (Å²) < 4.78 is 5.19. The fourth-order valence-electron chi connectivity index (χ4n) is 2.14. The Morgan fingerprint density at radius 1 is 1.18 bits per heavy atom. The Kier molecular flexibility index (Phi) is 5.90. The van der Waals surface area contributed by atoms with Gasteiger partial charge in [-0.3, -0.25) is 4.79 Å². The minimum absolute atomic E-state index is 0.000852. The van der Waals surface area contributed by atoms with Gasteiger partial charge >= 0.3 is 0 Å². The van der Waals surface area contributed by atoms with Crippen LogP contribution in [0.25, 0.3) is 0 Å². The topological polar surface area (TPSA) is 38.3 Å². The second-order valence-corrected chi connectivity index (χ2v) is 6.31. The molecule has 0 aliphatic rings. The van der Waals surface area contributed by atoms with Crippen LogP contribution in [0.1, 0.15) is 25.3 Å². The van der Waals surface area contributed by atoms with Crippen LogP contribution in [0.15, 0.2) is 53.4 Å². The van der Waals surface area contributed by atoms with Crippen molar-refractivity contribution < 1.29 is 9.53 Å². The van der Waals surface area contributed by atoms with Crippen molar-refractivity contribution >= 4 is 23.4 Å². The van der Waals surface area contributed by atoms with Gasteiger partial charge in [-0.25, -0.2) is 0 Å². The molecule has 0 aliphatic heterocycles. The zero-order chi connectivity index (χ0) is 15.9. The van der Waals surface area contributed by atoms with E-state index in [0.29, 0.717) is 11.7 Å². The summed E-state index contributed by atoms with van der Waals surface area (Å²) in [5.74, 6) is 1.55. The molecule has 0 aliphatic carbocycles. The quantitative estimate of drug-likeness (QED) is 0.795. The molecule has 0 saturated heterocycles. The van der Waals surface area contributed by atoms with Gasteiger partial charge in [0.15, 0.2) is 0 Å². The van der Waals surface area contributed by atoms with Gasteiger partial charge in [-0.1, -0.05) is 38.1 Å². The van der Waals surface area contributed by atoms with Gasteiger partial charge < -0.3 is 10.1 Å². The van der Waals surface area contributed by atoms with Crippen LogP contribution in [0.2, 0.25) is 0 Å². The minimum atomic E-state index is 0.000852. The zero-order valence-electron chi connectivity index (χ0n) is 13.1. The van der Waals surface area contributed by atoms with E-state index in [2.05, 4.69) is 25.2 Å². The predicted molar refractivity (Wildman–Crippen MR) is 92.9 cm³/mol. The van der Waals surface area contributed by atoms with Crippen LogP contribution in [-0.4, -0.2) is 18.8 Å². The Balaban J connectivity index is 1.96. The number of thioether (sulfide) groups is 1. The molecule has 0 aromatic heterocycles. The number of ether oxygens (including phenoxy) is 1. The lowest BCUT2D eigenvalue weighted by atomic mass is 10.0. The number of nitrogens with one attached hydrogen (secondary N) is 1. The molecule has 0 atom stereocenters. The number of anilines is 1. The molecule has 0 unspecified atom stereocenters. The smallest absolute Gasteiger partial charge is 0.234 e. The fourth-order valence-corrected chi connectivity index (χ4v) is 2.88. The van der Waals surface area contributed by atoms with Gasteiger partial charge in [0, 0.05) is 10.6 Å². The summed E-state index contributed by atoms with van der Waals surface area (Å²) in [7, 11) is 1.64. The van der Waals surface area contributed by atoms with E-state index in [9.17, 15) is 4.79 Å². The van der Waals surface area contributed by atoms with Gasteiger partial charge in [0.05, 0.1) is 12.9 Å². The molecule has 1 N–H and O–H groups in total. The van der Waals surface area contributed by atoms with Crippen molar-refractivity contribution in [3.63, 3.8) is 0 Å². The predicted octanol–water partition coefficient (Wildman–Crippen LogP) is 4.55. The van der Waals surface area contributed by atoms with E-state index in [0.717, 1.165) is 21.9 Å². The van der Waals surface area contributed by atoms with E-state index < -0.39 is 0 Å². The van der Waals surface area contributed by atoms with Gasteiger partial charge in [0.2, 0.25) is 5.91 Å². The summed E-state index contributed by atoms with van der Waals surface area (Å²) in [5, 5.41) is 3.00. The minimum Gasteiger partial charge on any atom is -0.497 e. The Labute approximate surface area is 136 Å². The average molecular weight is 315 g/mol. The SMILES string of the molecule is COc1cccc(SCC(=O)Nc2ccccc2C(C)C)c1. The molecule has 0 spiro atoms. The summed E-state index contributed by atoms with van der Waals surface area (Å²) in [4.78, 5) is 13.2. The Morgan fingerprint density at radius 3 is 2.68 bits per heavy atom. The molecule has 0 fully saturated rings. The first-order valence-electron chi connectivity index (χ1n) is 7.25. The third-order valence-electron chi connectivity index (χ3n) is 3.27. The van der Waals surface area contributed by atoms with Crippen LogP contribution < -0.4 is 10.1 Å². The van der Waals surface area contributed by atoms with Crippen molar-refractivity contribution in [2.75, 3.05) is 18.2 Å². The lowest BCUT2D eigenvalue weighted by molar-refractivity contribution is -0.113. The molecule has 1 amide bonds. The van der Waals surface area contributed by atoms with Crippen LogP contribution in [0, 0.1) is 0 Å². The summed E-state index contributed by atoms with van der Waals surface area (Å²) >= 11 is 1.50. The molecule has 4 heteroatoms. The lowest BCUT2D eigenvalue weighted by Crippen LogP contribution is -2.15. The zero-order valence-corrected chi connectivity index (χ0v) is 13.9. The fraction of sp³-hybridized carbons (Fsp3) is 0.278. The van der Waals surface area contributed by atoms with Gasteiger partial charge in [-0.2, -0.15) is 0 Å². The van der Waals surface area contributed by atoms with Crippen LogP contribution in [0.5, 0.6) is 5.75 Å². The average Bonchev–Trinajstić information content (AvgIpc) is 2.53. The number of rotatable bonds is 6. The van der Waals surface area contributed by atoms with Crippen molar-refractivity contribution in [2.24, 2.45) is 0 Å². The molecule has 116 valence electrons. The number of carbonyl (C=O) groups excluding carboxylic acids is 1. The molecule has 2 aromatic carbocycles. The largest absolute Gasteiger partial charge is 0.497 e. The second-order valence-electron chi connectivity index (χ2n) is 5.26. The van der Waals surface area contributed by atoms with E-state index in [-0.39, 0.29) is 5.91 Å². The molecule has 0 bridgehead atoms. The van der Waals surface area contributed by atoms with Crippen LogP contribution in [0.4, 0.5) is 5.69 Å². The third kappa shape index (κ3) is 4.53. The number of benzene rings is 2. The molecular formula is C18H21NO2S. The van der Waals surface area contributed by atoms with E-state index in [1.807, 2.05) is 42.5 Å². The van der Waals surface area contributed by atoms with Gasteiger partial charge in [0.25, 0.3) is 0 Å². The number of hydrogen-bond donors (Lipinski definition) is 1. The second kappa shape index (κ2) is 7.90. The molecule has 2 aromatic rings. The van der Waals surface area contributed by atoms with E-state index in [1.165, 1.54) is 11.8 Å². The summed E-state index contributed by atoms with van der Waals surface area (Å²) in [6.45, 7) is 4.24. The first kappa shape index (κ1) is 16.4. The lowest BCUT2D eigenvalue weighted by Gasteiger charge is -2.13.